The number of nitrogens with zero attached hydrogens (tertiary/aromatic N) is 5. The average molecular weight is 327 g/mol. The van der Waals surface area contributed by atoms with Crippen LogP contribution in [0.2, 0.25) is 0 Å². The fourth-order valence-electron chi connectivity index (χ4n) is 3.66. The minimum atomic E-state index is 0.486. The fourth-order valence-corrected chi connectivity index (χ4v) is 3.66. The normalized spacial score (nSPS) is 22.6. The highest BCUT2D eigenvalue weighted by atomic mass is 16.5. The van der Waals surface area contributed by atoms with E-state index in [0.29, 0.717) is 6.04 Å². The molecular formula is C18H25N5O. The Balaban J connectivity index is 1.78. The van der Waals surface area contributed by atoms with Crippen molar-refractivity contribution in [1.82, 2.24) is 15.0 Å². The van der Waals surface area contributed by atoms with Crippen molar-refractivity contribution in [2.75, 3.05) is 42.6 Å². The van der Waals surface area contributed by atoms with Crippen molar-refractivity contribution < 1.29 is 4.74 Å². The second kappa shape index (κ2) is 6.89. The Morgan fingerprint density at radius 1 is 1.08 bits per heavy atom. The van der Waals surface area contributed by atoms with E-state index in [1.165, 1.54) is 19.3 Å². The first-order valence-electron chi connectivity index (χ1n) is 9.05. The number of rotatable bonds is 2. The zero-order valence-electron chi connectivity index (χ0n) is 14.3. The summed E-state index contributed by atoms with van der Waals surface area (Å²) in [5, 5.41) is 1.04. The summed E-state index contributed by atoms with van der Waals surface area (Å²) in [6, 6.07) is 4.53. The van der Waals surface area contributed by atoms with E-state index in [1.54, 1.807) is 0 Å². The summed E-state index contributed by atoms with van der Waals surface area (Å²) >= 11 is 0. The van der Waals surface area contributed by atoms with E-state index < -0.39 is 0 Å². The maximum Gasteiger partial charge on any atom is 0.229 e. The molecule has 128 valence electrons. The largest absolute Gasteiger partial charge is 0.380 e. The van der Waals surface area contributed by atoms with Crippen LogP contribution in [0.5, 0.6) is 0 Å². The molecule has 0 spiro atoms. The summed E-state index contributed by atoms with van der Waals surface area (Å²) in [4.78, 5) is 18.9. The summed E-state index contributed by atoms with van der Waals surface area (Å²) in [6.07, 6.45) is 6.55. The van der Waals surface area contributed by atoms with Crippen LogP contribution < -0.4 is 9.80 Å². The number of fused-ring (bicyclic) bond motifs is 1. The summed E-state index contributed by atoms with van der Waals surface area (Å²) in [7, 11) is 0. The third kappa shape index (κ3) is 3.02. The number of hydrogen-bond acceptors (Lipinski definition) is 6. The van der Waals surface area contributed by atoms with Crippen LogP contribution in [0.3, 0.4) is 0 Å². The van der Waals surface area contributed by atoms with Crippen LogP contribution in [0.25, 0.3) is 11.0 Å². The number of aromatic nitrogens is 3. The van der Waals surface area contributed by atoms with Gasteiger partial charge in [-0.3, -0.25) is 0 Å². The molecule has 4 rings (SSSR count). The molecule has 6 nitrogen and oxygen atoms in total. The molecule has 0 saturated carbocycles. The molecule has 2 aromatic heterocycles. The molecule has 0 N–H and O–H groups in total. The quantitative estimate of drug-likeness (QED) is 0.845. The van der Waals surface area contributed by atoms with Gasteiger partial charge in [-0.15, -0.1) is 0 Å². The molecule has 0 aromatic carbocycles. The second-order valence-electron chi connectivity index (χ2n) is 6.71. The Kier molecular flexibility index (Phi) is 4.47. The van der Waals surface area contributed by atoms with Crippen molar-refractivity contribution in [1.29, 1.82) is 0 Å². The lowest BCUT2D eigenvalue weighted by molar-refractivity contribution is 0.152. The van der Waals surface area contributed by atoms with E-state index in [9.17, 15) is 0 Å². The lowest BCUT2D eigenvalue weighted by Gasteiger charge is -2.34. The Morgan fingerprint density at radius 2 is 2.04 bits per heavy atom. The minimum Gasteiger partial charge on any atom is -0.380 e. The molecular weight excluding hydrogens is 302 g/mol. The molecule has 4 heterocycles. The van der Waals surface area contributed by atoms with Crippen LogP contribution in [0, 0.1) is 0 Å². The predicted octanol–water partition coefficient (Wildman–Crippen LogP) is 2.63. The van der Waals surface area contributed by atoms with Crippen molar-refractivity contribution in [3.63, 3.8) is 0 Å². The monoisotopic (exact) mass is 327 g/mol. The van der Waals surface area contributed by atoms with Crippen molar-refractivity contribution in [2.45, 2.75) is 38.6 Å². The van der Waals surface area contributed by atoms with Crippen LogP contribution in [0.4, 0.5) is 11.8 Å². The lowest BCUT2D eigenvalue weighted by atomic mass is 10.0. The van der Waals surface area contributed by atoms with Gasteiger partial charge in [0.1, 0.15) is 5.82 Å². The van der Waals surface area contributed by atoms with Crippen molar-refractivity contribution >= 4 is 22.8 Å². The zero-order valence-corrected chi connectivity index (χ0v) is 14.3. The Labute approximate surface area is 142 Å². The van der Waals surface area contributed by atoms with Gasteiger partial charge in [0.15, 0.2) is 5.65 Å². The number of piperidine rings is 1. The third-order valence-corrected chi connectivity index (χ3v) is 5.02. The third-order valence-electron chi connectivity index (χ3n) is 5.02. The zero-order chi connectivity index (χ0) is 16.4. The number of pyridine rings is 1. The molecule has 2 saturated heterocycles. The van der Waals surface area contributed by atoms with Crippen LogP contribution in [0.15, 0.2) is 18.3 Å². The van der Waals surface area contributed by atoms with Crippen LogP contribution >= 0.6 is 0 Å². The van der Waals surface area contributed by atoms with E-state index in [-0.39, 0.29) is 0 Å². The van der Waals surface area contributed by atoms with Gasteiger partial charge in [-0.1, -0.05) is 0 Å². The second-order valence-corrected chi connectivity index (χ2v) is 6.71. The van der Waals surface area contributed by atoms with Gasteiger partial charge >= 0.3 is 0 Å². The first kappa shape index (κ1) is 15.6. The number of hydrogen-bond donors (Lipinski definition) is 0. The Morgan fingerprint density at radius 3 is 2.96 bits per heavy atom. The molecule has 2 aliphatic rings. The van der Waals surface area contributed by atoms with Crippen LogP contribution in [-0.4, -0.2) is 53.8 Å². The molecule has 1 atom stereocenters. The maximum atomic E-state index is 5.61. The fraction of sp³-hybridized carbons (Fsp3) is 0.611. The van der Waals surface area contributed by atoms with Crippen molar-refractivity contribution in [3.05, 3.63) is 18.3 Å². The standard InChI is InChI=1S/C18H25N5O/c1-14-6-2-3-10-23(14)18-20-16-15(7-4-8-19-16)17(21-18)22-9-5-12-24-13-11-22/h4,7-8,14H,2-3,5-6,9-13H2,1H3/t14-/m0/s1. The number of anilines is 2. The van der Waals surface area contributed by atoms with Crippen LogP contribution in [0.1, 0.15) is 32.6 Å². The molecule has 0 bridgehead atoms. The molecule has 0 unspecified atom stereocenters. The first-order chi connectivity index (χ1) is 11.8. The predicted molar refractivity (Wildman–Crippen MR) is 95.6 cm³/mol. The lowest BCUT2D eigenvalue weighted by Crippen LogP contribution is -2.39. The van der Waals surface area contributed by atoms with Crippen LogP contribution in [-0.2, 0) is 4.74 Å². The van der Waals surface area contributed by atoms with E-state index in [1.807, 2.05) is 12.3 Å². The molecule has 2 aliphatic heterocycles. The molecule has 0 amide bonds. The highest BCUT2D eigenvalue weighted by Crippen LogP contribution is 2.29. The topological polar surface area (TPSA) is 54.4 Å². The summed E-state index contributed by atoms with van der Waals surface area (Å²) in [5.41, 5.74) is 0.792. The summed E-state index contributed by atoms with van der Waals surface area (Å²) < 4.78 is 5.61. The van der Waals surface area contributed by atoms with E-state index in [0.717, 1.165) is 62.1 Å². The van der Waals surface area contributed by atoms with Gasteiger partial charge in [0, 0.05) is 38.5 Å². The average Bonchev–Trinajstić information content (AvgIpc) is 2.90. The van der Waals surface area contributed by atoms with E-state index in [4.69, 9.17) is 14.7 Å². The SMILES string of the molecule is C[C@H]1CCCCN1c1nc(N2CCCOCC2)c2cccnc2n1. The number of ether oxygens (including phenoxy) is 1. The van der Waals surface area contributed by atoms with E-state index in [2.05, 4.69) is 27.8 Å². The van der Waals surface area contributed by atoms with Gasteiger partial charge in [-0.25, -0.2) is 4.98 Å². The minimum absolute atomic E-state index is 0.486. The van der Waals surface area contributed by atoms with Gasteiger partial charge in [0.2, 0.25) is 5.95 Å². The molecule has 2 aromatic rings. The first-order valence-corrected chi connectivity index (χ1v) is 9.05. The van der Waals surface area contributed by atoms with Gasteiger partial charge in [-0.05, 0) is 44.7 Å². The van der Waals surface area contributed by atoms with E-state index >= 15 is 0 Å². The Bertz CT molecular complexity index is 699. The summed E-state index contributed by atoms with van der Waals surface area (Å²) in [6.45, 7) is 6.72. The molecule has 0 radical (unpaired) electrons. The molecule has 6 heteroatoms. The van der Waals surface area contributed by atoms with Gasteiger partial charge in [0.25, 0.3) is 0 Å². The summed E-state index contributed by atoms with van der Waals surface area (Å²) in [5.74, 6) is 1.83. The Hall–Kier alpha value is -1.95. The van der Waals surface area contributed by atoms with Crippen molar-refractivity contribution in [3.8, 4) is 0 Å². The van der Waals surface area contributed by atoms with Gasteiger partial charge < -0.3 is 14.5 Å². The highest BCUT2D eigenvalue weighted by molar-refractivity contribution is 5.88. The van der Waals surface area contributed by atoms with Gasteiger partial charge in [-0.2, -0.15) is 9.97 Å². The van der Waals surface area contributed by atoms with Crippen molar-refractivity contribution in [2.24, 2.45) is 0 Å². The smallest absolute Gasteiger partial charge is 0.229 e. The van der Waals surface area contributed by atoms with Gasteiger partial charge in [0.05, 0.1) is 12.0 Å². The molecule has 0 aliphatic carbocycles. The molecule has 2 fully saturated rings. The maximum absolute atomic E-state index is 5.61. The molecule has 24 heavy (non-hydrogen) atoms. The highest BCUT2D eigenvalue weighted by Gasteiger charge is 2.24.